The molecule has 0 aliphatic carbocycles. The zero-order chi connectivity index (χ0) is 16.5. The number of hydrogen-bond acceptors (Lipinski definition) is 3. The van der Waals surface area contributed by atoms with Crippen molar-refractivity contribution in [1.29, 1.82) is 0 Å². The third-order valence-electron chi connectivity index (χ3n) is 3.55. The molecule has 2 aromatic rings. The Balaban J connectivity index is 0.00000288. The van der Waals surface area contributed by atoms with Crippen LogP contribution in [0.5, 0.6) is 5.75 Å². The minimum atomic E-state index is 0. The highest BCUT2D eigenvalue weighted by Gasteiger charge is 2.02. The Hall–Kier alpha value is -1.83. The average molecular weight is 440 g/mol. The second-order valence-corrected chi connectivity index (χ2v) is 5.10. The maximum Gasteiger partial charge on any atom is 0.191 e. The molecule has 0 unspecified atom stereocenters. The van der Waals surface area contributed by atoms with Gasteiger partial charge in [-0.05, 0) is 43.7 Å². The molecule has 0 bridgehead atoms. The van der Waals surface area contributed by atoms with Gasteiger partial charge in [0.05, 0.1) is 12.2 Å². The standard InChI is InChI=1S/C18H24N4O.HI/c1-3-22(4-2)18(19)21-13-15-8-10-17(11-9-15)23-14-16-7-5-6-12-20-16;/h5-12H,3-4,13-14H2,1-2H3,(H2,19,21);1H. The topological polar surface area (TPSA) is 63.7 Å². The SMILES string of the molecule is CCN(CC)C(N)=NCc1ccc(OCc2ccccn2)cc1.I. The van der Waals surface area contributed by atoms with Crippen LogP contribution in [0.4, 0.5) is 0 Å². The zero-order valence-electron chi connectivity index (χ0n) is 14.2. The molecule has 130 valence electrons. The Morgan fingerprint density at radius 1 is 1.12 bits per heavy atom. The Morgan fingerprint density at radius 2 is 1.83 bits per heavy atom. The van der Waals surface area contributed by atoms with Gasteiger partial charge in [0.15, 0.2) is 5.96 Å². The van der Waals surface area contributed by atoms with E-state index in [1.165, 1.54) is 0 Å². The van der Waals surface area contributed by atoms with E-state index in [0.29, 0.717) is 19.1 Å². The average Bonchev–Trinajstić information content (AvgIpc) is 2.61. The van der Waals surface area contributed by atoms with E-state index < -0.39 is 0 Å². The molecule has 0 saturated heterocycles. The highest BCUT2D eigenvalue weighted by molar-refractivity contribution is 14.0. The van der Waals surface area contributed by atoms with Gasteiger partial charge in [0.1, 0.15) is 12.4 Å². The lowest BCUT2D eigenvalue weighted by Gasteiger charge is -2.19. The van der Waals surface area contributed by atoms with Crippen molar-refractivity contribution in [1.82, 2.24) is 9.88 Å². The molecule has 2 rings (SSSR count). The molecule has 1 aromatic heterocycles. The largest absolute Gasteiger partial charge is 0.487 e. The maximum absolute atomic E-state index is 5.97. The lowest BCUT2D eigenvalue weighted by molar-refractivity contribution is 0.301. The van der Waals surface area contributed by atoms with Gasteiger partial charge >= 0.3 is 0 Å². The van der Waals surface area contributed by atoms with E-state index >= 15 is 0 Å². The van der Waals surface area contributed by atoms with Crippen molar-refractivity contribution in [2.75, 3.05) is 13.1 Å². The van der Waals surface area contributed by atoms with E-state index in [0.717, 1.165) is 30.1 Å². The Morgan fingerprint density at radius 3 is 2.42 bits per heavy atom. The second kappa shape index (κ2) is 10.9. The van der Waals surface area contributed by atoms with Gasteiger partial charge in [-0.15, -0.1) is 24.0 Å². The van der Waals surface area contributed by atoms with Gasteiger partial charge < -0.3 is 15.4 Å². The number of nitrogens with zero attached hydrogens (tertiary/aromatic N) is 3. The van der Waals surface area contributed by atoms with Crippen LogP contribution in [0.1, 0.15) is 25.1 Å². The molecule has 0 radical (unpaired) electrons. The normalized spacial score (nSPS) is 10.8. The fourth-order valence-electron chi connectivity index (χ4n) is 2.15. The van der Waals surface area contributed by atoms with Crippen molar-refractivity contribution in [2.45, 2.75) is 27.0 Å². The van der Waals surface area contributed by atoms with Crippen LogP contribution in [0.15, 0.2) is 53.7 Å². The zero-order valence-corrected chi connectivity index (χ0v) is 16.5. The molecule has 1 heterocycles. The highest BCUT2D eigenvalue weighted by atomic mass is 127. The number of benzene rings is 1. The van der Waals surface area contributed by atoms with Gasteiger partial charge in [0.2, 0.25) is 0 Å². The lowest BCUT2D eigenvalue weighted by atomic mass is 10.2. The Bertz CT molecular complexity index is 613. The van der Waals surface area contributed by atoms with E-state index in [2.05, 4.69) is 23.8 Å². The summed E-state index contributed by atoms with van der Waals surface area (Å²) in [6.45, 7) is 6.91. The third kappa shape index (κ3) is 6.35. The predicted octanol–water partition coefficient (Wildman–Crippen LogP) is 3.44. The molecule has 0 aliphatic rings. The molecule has 2 N–H and O–H groups in total. The number of hydrogen-bond donors (Lipinski definition) is 1. The van der Waals surface area contributed by atoms with Gasteiger partial charge in [0.25, 0.3) is 0 Å². The second-order valence-electron chi connectivity index (χ2n) is 5.10. The number of pyridine rings is 1. The number of halogens is 1. The molecule has 24 heavy (non-hydrogen) atoms. The van der Waals surface area contributed by atoms with E-state index in [4.69, 9.17) is 10.5 Å². The predicted molar refractivity (Wildman–Crippen MR) is 109 cm³/mol. The first kappa shape index (κ1) is 20.2. The molecule has 0 saturated carbocycles. The van der Waals surface area contributed by atoms with E-state index in [1.807, 2.05) is 47.4 Å². The van der Waals surface area contributed by atoms with Crippen LogP contribution in [0, 0.1) is 0 Å². The van der Waals surface area contributed by atoms with Crippen LogP contribution in [0.2, 0.25) is 0 Å². The van der Waals surface area contributed by atoms with Crippen molar-refractivity contribution in [2.24, 2.45) is 10.7 Å². The molecule has 6 heteroatoms. The first-order chi connectivity index (χ1) is 11.2. The summed E-state index contributed by atoms with van der Waals surface area (Å²) in [6, 6.07) is 13.7. The molecule has 5 nitrogen and oxygen atoms in total. The summed E-state index contributed by atoms with van der Waals surface area (Å²) in [4.78, 5) is 10.7. The summed E-state index contributed by atoms with van der Waals surface area (Å²) in [5, 5.41) is 0. The summed E-state index contributed by atoms with van der Waals surface area (Å²) in [7, 11) is 0. The third-order valence-corrected chi connectivity index (χ3v) is 3.55. The molecular formula is C18H25IN4O. The molecule has 0 spiro atoms. The van der Waals surface area contributed by atoms with Crippen LogP contribution in [-0.2, 0) is 13.2 Å². The quantitative estimate of drug-likeness (QED) is 0.407. The fraction of sp³-hybridized carbons (Fsp3) is 0.333. The van der Waals surface area contributed by atoms with Crippen molar-refractivity contribution in [3.63, 3.8) is 0 Å². The Kier molecular flexibility index (Phi) is 9.14. The summed E-state index contributed by atoms with van der Waals surface area (Å²) < 4.78 is 5.71. The van der Waals surface area contributed by atoms with Gasteiger partial charge in [0, 0.05) is 19.3 Å². The number of rotatable bonds is 7. The van der Waals surface area contributed by atoms with Gasteiger partial charge in [-0.2, -0.15) is 0 Å². The summed E-state index contributed by atoms with van der Waals surface area (Å²) in [5.41, 5.74) is 7.99. The molecular weight excluding hydrogens is 415 g/mol. The van der Waals surface area contributed by atoms with Crippen LogP contribution >= 0.6 is 24.0 Å². The summed E-state index contributed by atoms with van der Waals surface area (Å²) in [5.74, 6) is 1.41. The Labute approximate surface area is 161 Å². The number of aliphatic imine (C=N–C) groups is 1. The minimum Gasteiger partial charge on any atom is -0.487 e. The fourth-order valence-corrected chi connectivity index (χ4v) is 2.15. The molecule has 0 atom stereocenters. The molecule has 0 fully saturated rings. The summed E-state index contributed by atoms with van der Waals surface area (Å²) in [6.07, 6.45) is 1.76. The molecule has 0 amide bonds. The minimum absolute atomic E-state index is 0. The first-order valence-electron chi connectivity index (χ1n) is 7.89. The van der Waals surface area contributed by atoms with Gasteiger partial charge in [-0.25, -0.2) is 4.99 Å². The van der Waals surface area contributed by atoms with Crippen LogP contribution in [0.3, 0.4) is 0 Å². The van der Waals surface area contributed by atoms with E-state index in [1.54, 1.807) is 6.20 Å². The highest BCUT2D eigenvalue weighted by Crippen LogP contribution is 2.14. The number of guanidine groups is 1. The summed E-state index contributed by atoms with van der Waals surface area (Å²) >= 11 is 0. The number of ether oxygens (including phenoxy) is 1. The lowest BCUT2D eigenvalue weighted by Crippen LogP contribution is -2.37. The van der Waals surface area contributed by atoms with Crippen molar-refractivity contribution in [3.05, 3.63) is 59.9 Å². The van der Waals surface area contributed by atoms with E-state index in [-0.39, 0.29) is 24.0 Å². The maximum atomic E-state index is 5.97. The van der Waals surface area contributed by atoms with Crippen molar-refractivity contribution in [3.8, 4) is 5.75 Å². The first-order valence-corrected chi connectivity index (χ1v) is 7.89. The number of aromatic nitrogens is 1. The number of nitrogens with two attached hydrogens (primary N) is 1. The van der Waals surface area contributed by atoms with Crippen molar-refractivity contribution < 1.29 is 4.74 Å². The van der Waals surface area contributed by atoms with Crippen molar-refractivity contribution >= 4 is 29.9 Å². The van der Waals surface area contributed by atoms with Gasteiger partial charge in [-0.3, -0.25) is 4.98 Å². The molecule has 1 aromatic carbocycles. The van der Waals surface area contributed by atoms with Crippen LogP contribution in [0.25, 0.3) is 0 Å². The molecule has 0 aliphatic heterocycles. The van der Waals surface area contributed by atoms with Gasteiger partial charge in [-0.1, -0.05) is 18.2 Å². The van der Waals surface area contributed by atoms with Crippen LogP contribution < -0.4 is 10.5 Å². The smallest absolute Gasteiger partial charge is 0.191 e. The monoisotopic (exact) mass is 440 g/mol. The van der Waals surface area contributed by atoms with Crippen LogP contribution in [-0.4, -0.2) is 28.9 Å². The van der Waals surface area contributed by atoms with E-state index in [9.17, 15) is 0 Å².